The third kappa shape index (κ3) is 4.10. The van der Waals surface area contributed by atoms with Gasteiger partial charge in [0.25, 0.3) is 0 Å². The van der Waals surface area contributed by atoms with Crippen molar-refractivity contribution in [2.24, 2.45) is 0 Å². The topological polar surface area (TPSA) is 57.8 Å². The smallest absolute Gasteiger partial charge is 0.216 e. The molecular formula is C9H13N3O. The number of hydrogen-bond donors (Lipinski definition) is 2. The van der Waals surface area contributed by atoms with E-state index in [9.17, 15) is 4.79 Å². The van der Waals surface area contributed by atoms with E-state index in [0.717, 1.165) is 12.2 Å². The van der Waals surface area contributed by atoms with E-state index in [2.05, 4.69) is 15.3 Å². The summed E-state index contributed by atoms with van der Waals surface area (Å²) >= 11 is 0. The summed E-state index contributed by atoms with van der Waals surface area (Å²) in [5.41, 5.74) is 0. The van der Waals surface area contributed by atoms with Crippen molar-refractivity contribution in [3.63, 3.8) is 0 Å². The largest absolute Gasteiger partial charge is 0.356 e. The molecule has 0 atom stereocenters. The van der Waals surface area contributed by atoms with Gasteiger partial charge in [-0.2, -0.15) is 0 Å². The summed E-state index contributed by atoms with van der Waals surface area (Å²) in [5, 5.41) is 2.70. The second-order valence-electron chi connectivity index (χ2n) is 2.65. The number of imidazole rings is 1. The zero-order valence-corrected chi connectivity index (χ0v) is 7.58. The van der Waals surface area contributed by atoms with E-state index in [1.54, 1.807) is 12.4 Å². The fraction of sp³-hybridized carbons (Fsp3) is 0.333. The lowest BCUT2D eigenvalue weighted by Gasteiger charge is -1.95. The lowest BCUT2D eigenvalue weighted by Crippen LogP contribution is -2.20. The van der Waals surface area contributed by atoms with E-state index in [4.69, 9.17) is 0 Å². The lowest BCUT2D eigenvalue weighted by atomic mass is 10.3. The molecule has 0 fully saturated rings. The first-order valence-electron chi connectivity index (χ1n) is 4.19. The minimum absolute atomic E-state index is 0.00592. The molecule has 0 saturated heterocycles. The Kier molecular flexibility index (Phi) is 3.75. The highest BCUT2D eigenvalue weighted by Crippen LogP contribution is 1.92. The van der Waals surface area contributed by atoms with Gasteiger partial charge in [-0.25, -0.2) is 4.98 Å². The van der Waals surface area contributed by atoms with Crippen LogP contribution in [-0.2, 0) is 4.79 Å². The predicted molar refractivity (Wildman–Crippen MR) is 50.9 cm³/mol. The maximum Gasteiger partial charge on any atom is 0.216 e. The van der Waals surface area contributed by atoms with Crippen LogP contribution in [0.1, 0.15) is 19.2 Å². The van der Waals surface area contributed by atoms with E-state index in [1.165, 1.54) is 6.92 Å². The van der Waals surface area contributed by atoms with Crippen LogP contribution in [0, 0.1) is 0 Å². The fourth-order valence-electron chi connectivity index (χ4n) is 0.895. The van der Waals surface area contributed by atoms with Crippen LogP contribution >= 0.6 is 0 Å². The van der Waals surface area contributed by atoms with Gasteiger partial charge in [0.15, 0.2) is 0 Å². The molecule has 1 aromatic heterocycles. The summed E-state index contributed by atoms with van der Waals surface area (Å²) in [4.78, 5) is 17.5. The average Bonchev–Trinajstić information content (AvgIpc) is 2.55. The molecule has 0 saturated carbocycles. The zero-order chi connectivity index (χ0) is 9.52. The van der Waals surface area contributed by atoms with Gasteiger partial charge >= 0.3 is 0 Å². The molecule has 1 heterocycles. The number of carbonyl (C=O) groups excluding carboxylic acids is 1. The number of aromatic nitrogens is 2. The highest BCUT2D eigenvalue weighted by Gasteiger charge is 1.88. The SMILES string of the molecule is CC(=O)NCCC=Cc1ncc[nH]1. The Labute approximate surface area is 77.1 Å². The van der Waals surface area contributed by atoms with Crippen LogP contribution in [0.4, 0.5) is 0 Å². The minimum atomic E-state index is 0.00592. The van der Waals surface area contributed by atoms with Gasteiger partial charge < -0.3 is 10.3 Å². The van der Waals surface area contributed by atoms with Gasteiger partial charge in [0, 0.05) is 25.9 Å². The van der Waals surface area contributed by atoms with Crippen molar-refractivity contribution in [3.8, 4) is 0 Å². The Morgan fingerprint density at radius 2 is 2.62 bits per heavy atom. The molecule has 1 rings (SSSR count). The maximum atomic E-state index is 10.5. The average molecular weight is 179 g/mol. The summed E-state index contributed by atoms with van der Waals surface area (Å²) in [7, 11) is 0. The third-order valence-electron chi connectivity index (χ3n) is 1.48. The van der Waals surface area contributed by atoms with Gasteiger partial charge in [0.2, 0.25) is 5.91 Å². The summed E-state index contributed by atoms with van der Waals surface area (Å²) in [6.07, 6.45) is 8.15. The predicted octanol–water partition coefficient (Wildman–Crippen LogP) is 0.949. The first-order chi connectivity index (χ1) is 6.29. The van der Waals surface area contributed by atoms with E-state index in [1.807, 2.05) is 12.2 Å². The fourth-order valence-corrected chi connectivity index (χ4v) is 0.895. The van der Waals surface area contributed by atoms with Crippen LogP contribution in [0.25, 0.3) is 6.08 Å². The molecule has 1 amide bonds. The number of amides is 1. The second kappa shape index (κ2) is 5.13. The van der Waals surface area contributed by atoms with Crippen LogP contribution in [0.3, 0.4) is 0 Å². The van der Waals surface area contributed by atoms with Crippen molar-refractivity contribution in [1.29, 1.82) is 0 Å². The Morgan fingerprint density at radius 1 is 1.77 bits per heavy atom. The summed E-state index contributed by atoms with van der Waals surface area (Å²) in [5.74, 6) is 0.842. The molecule has 70 valence electrons. The first-order valence-corrected chi connectivity index (χ1v) is 4.19. The van der Waals surface area contributed by atoms with Crippen molar-refractivity contribution in [2.75, 3.05) is 6.54 Å². The van der Waals surface area contributed by atoms with Crippen LogP contribution < -0.4 is 5.32 Å². The third-order valence-corrected chi connectivity index (χ3v) is 1.48. The van der Waals surface area contributed by atoms with Gasteiger partial charge in [-0.3, -0.25) is 4.79 Å². The molecular weight excluding hydrogens is 166 g/mol. The van der Waals surface area contributed by atoms with Crippen LogP contribution in [0.2, 0.25) is 0 Å². The van der Waals surface area contributed by atoms with Crippen LogP contribution in [-0.4, -0.2) is 22.4 Å². The first kappa shape index (κ1) is 9.51. The molecule has 0 spiro atoms. The van der Waals surface area contributed by atoms with E-state index >= 15 is 0 Å². The van der Waals surface area contributed by atoms with Gasteiger partial charge in [-0.05, 0) is 12.5 Å². The number of H-pyrrole nitrogens is 1. The quantitative estimate of drug-likeness (QED) is 0.676. The zero-order valence-electron chi connectivity index (χ0n) is 7.58. The number of hydrogen-bond acceptors (Lipinski definition) is 2. The lowest BCUT2D eigenvalue weighted by molar-refractivity contribution is -0.118. The van der Waals surface area contributed by atoms with Gasteiger partial charge in [0.1, 0.15) is 5.82 Å². The second-order valence-corrected chi connectivity index (χ2v) is 2.65. The molecule has 0 radical (unpaired) electrons. The molecule has 0 unspecified atom stereocenters. The molecule has 0 aliphatic carbocycles. The summed E-state index contributed by atoms with van der Waals surface area (Å²) in [6, 6.07) is 0. The number of carbonyl (C=O) groups is 1. The van der Waals surface area contributed by atoms with Gasteiger partial charge in [-0.15, -0.1) is 0 Å². The van der Waals surface area contributed by atoms with Crippen LogP contribution in [0.5, 0.6) is 0 Å². The molecule has 4 heteroatoms. The molecule has 13 heavy (non-hydrogen) atoms. The molecule has 1 aromatic rings. The number of nitrogens with zero attached hydrogens (tertiary/aromatic N) is 1. The van der Waals surface area contributed by atoms with E-state index in [0.29, 0.717) is 6.54 Å². The van der Waals surface area contributed by atoms with Crippen molar-refractivity contribution >= 4 is 12.0 Å². The van der Waals surface area contributed by atoms with Crippen LogP contribution in [0.15, 0.2) is 18.5 Å². The Morgan fingerprint density at radius 3 is 3.23 bits per heavy atom. The minimum Gasteiger partial charge on any atom is -0.356 e. The highest BCUT2D eigenvalue weighted by molar-refractivity contribution is 5.72. The number of rotatable bonds is 4. The van der Waals surface area contributed by atoms with Crippen molar-refractivity contribution < 1.29 is 4.79 Å². The van der Waals surface area contributed by atoms with Crippen molar-refractivity contribution in [2.45, 2.75) is 13.3 Å². The summed E-state index contributed by atoms with van der Waals surface area (Å²) in [6.45, 7) is 2.18. The van der Waals surface area contributed by atoms with Crippen molar-refractivity contribution in [3.05, 3.63) is 24.3 Å². The molecule has 4 nitrogen and oxygen atoms in total. The molecule has 0 bridgehead atoms. The Hall–Kier alpha value is -1.58. The Bertz CT molecular complexity index is 277. The molecule has 0 aliphatic rings. The number of aromatic amines is 1. The van der Waals surface area contributed by atoms with Gasteiger partial charge in [-0.1, -0.05) is 6.08 Å². The Balaban J connectivity index is 2.16. The molecule has 2 N–H and O–H groups in total. The highest BCUT2D eigenvalue weighted by atomic mass is 16.1. The maximum absolute atomic E-state index is 10.5. The van der Waals surface area contributed by atoms with E-state index < -0.39 is 0 Å². The monoisotopic (exact) mass is 179 g/mol. The van der Waals surface area contributed by atoms with E-state index in [-0.39, 0.29) is 5.91 Å². The van der Waals surface area contributed by atoms with Gasteiger partial charge in [0.05, 0.1) is 0 Å². The normalized spacial score (nSPS) is 10.5. The number of nitrogens with one attached hydrogen (secondary N) is 2. The summed E-state index contributed by atoms with van der Waals surface area (Å²) < 4.78 is 0. The molecule has 0 aromatic carbocycles. The molecule has 0 aliphatic heterocycles. The van der Waals surface area contributed by atoms with Crippen molar-refractivity contribution in [1.82, 2.24) is 15.3 Å². The standard InChI is InChI=1S/C9H13N3O/c1-8(13)10-5-3-2-4-9-11-6-7-12-9/h2,4,6-7H,3,5H2,1H3,(H,10,13)(H,11,12).